The molecule has 3 aromatic rings. The SMILES string of the molecule is COc1ccc(-n2c(SC(C)C(N)=O)nc3sc4c(c3c2=O)CCCS4)cc1. The highest BCUT2D eigenvalue weighted by Gasteiger charge is 2.24. The van der Waals surface area contributed by atoms with E-state index in [1.807, 2.05) is 12.1 Å². The zero-order valence-corrected chi connectivity index (χ0v) is 17.9. The highest BCUT2D eigenvalue weighted by Crippen LogP contribution is 2.41. The third-order valence-electron chi connectivity index (χ3n) is 4.57. The van der Waals surface area contributed by atoms with Crippen LogP contribution in [0.15, 0.2) is 38.4 Å². The van der Waals surface area contributed by atoms with Crippen molar-refractivity contribution < 1.29 is 9.53 Å². The van der Waals surface area contributed by atoms with E-state index in [0.29, 0.717) is 22.0 Å². The fourth-order valence-corrected chi connectivity index (χ4v) is 6.53. The molecule has 28 heavy (non-hydrogen) atoms. The van der Waals surface area contributed by atoms with E-state index in [0.717, 1.165) is 29.0 Å². The molecule has 6 nitrogen and oxygen atoms in total. The van der Waals surface area contributed by atoms with Crippen molar-refractivity contribution >= 4 is 51.0 Å². The van der Waals surface area contributed by atoms with Gasteiger partial charge in [-0.15, -0.1) is 23.1 Å². The third-order valence-corrected chi connectivity index (χ3v) is 8.17. The van der Waals surface area contributed by atoms with Gasteiger partial charge in [-0.2, -0.15) is 0 Å². The van der Waals surface area contributed by atoms with Gasteiger partial charge in [-0.1, -0.05) is 11.8 Å². The number of carbonyl (C=O) groups excluding carboxylic acids is 1. The standard InChI is InChI=1S/C19H19N3O3S3/c1-10(15(20)23)27-19-21-16-14(13-4-3-9-26-18(13)28-16)17(24)22(19)11-5-7-12(25-2)8-6-11/h5-8,10H,3-4,9H2,1-2H3,(H2,20,23). The number of amides is 1. The summed E-state index contributed by atoms with van der Waals surface area (Å²) in [6.45, 7) is 1.72. The highest BCUT2D eigenvalue weighted by molar-refractivity contribution is 8.01. The van der Waals surface area contributed by atoms with Crippen LogP contribution in [0.5, 0.6) is 5.75 Å². The molecule has 1 aliphatic rings. The van der Waals surface area contributed by atoms with Crippen molar-refractivity contribution in [2.75, 3.05) is 12.9 Å². The lowest BCUT2D eigenvalue weighted by Gasteiger charge is -2.15. The summed E-state index contributed by atoms with van der Waals surface area (Å²) in [4.78, 5) is 30.7. The lowest BCUT2D eigenvalue weighted by molar-refractivity contribution is -0.117. The summed E-state index contributed by atoms with van der Waals surface area (Å²) in [5.41, 5.74) is 7.14. The molecule has 1 aromatic carbocycles. The molecule has 1 atom stereocenters. The smallest absolute Gasteiger partial charge is 0.267 e. The van der Waals surface area contributed by atoms with Crippen molar-refractivity contribution in [2.24, 2.45) is 5.73 Å². The third kappa shape index (κ3) is 3.42. The first-order valence-electron chi connectivity index (χ1n) is 8.81. The lowest BCUT2D eigenvalue weighted by Crippen LogP contribution is -2.26. The van der Waals surface area contributed by atoms with Crippen LogP contribution in [0.3, 0.4) is 0 Å². The summed E-state index contributed by atoms with van der Waals surface area (Å²) in [6.07, 6.45) is 1.95. The van der Waals surface area contributed by atoms with Crippen LogP contribution in [0, 0.1) is 0 Å². The minimum absolute atomic E-state index is 0.102. The van der Waals surface area contributed by atoms with Crippen molar-refractivity contribution in [1.82, 2.24) is 9.55 Å². The summed E-state index contributed by atoms with van der Waals surface area (Å²) in [7, 11) is 1.60. The Morgan fingerprint density at radius 1 is 1.36 bits per heavy atom. The largest absolute Gasteiger partial charge is 0.497 e. The Morgan fingerprint density at radius 3 is 2.79 bits per heavy atom. The molecule has 0 fully saturated rings. The fourth-order valence-electron chi connectivity index (χ4n) is 3.08. The van der Waals surface area contributed by atoms with Crippen LogP contribution in [0.4, 0.5) is 0 Å². The quantitative estimate of drug-likeness (QED) is 0.490. The van der Waals surface area contributed by atoms with Crippen LogP contribution in [0.2, 0.25) is 0 Å². The average molecular weight is 434 g/mol. The highest BCUT2D eigenvalue weighted by atomic mass is 32.2. The number of hydrogen-bond donors (Lipinski definition) is 1. The molecule has 146 valence electrons. The molecule has 0 spiro atoms. The first kappa shape index (κ1) is 19.4. The molecule has 0 radical (unpaired) electrons. The Bertz CT molecular complexity index is 1110. The van der Waals surface area contributed by atoms with Gasteiger partial charge in [0.2, 0.25) is 5.91 Å². The van der Waals surface area contributed by atoms with E-state index in [1.165, 1.54) is 16.0 Å². The van der Waals surface area contributed by atoms with Gasteiger partial charge in [0.25, 0.3) is 5.56 Å². The number of aromatic nitrogens is 2. The Balaban J connectivity index is 1.96. The Labute approximate surface area is 174 Å². The van der Waals surface area contributed by atoms with E-state index in [9.17, 15) is 9.59 Å². The molecular weight excluding hydrogens is 414 g/mol. The van der Waals surface area contributed by atoms with Crippen molar-refractivity contribution in [2.45, 2.75) is 34.4 Å². The molecule has 0 bridgehead atoms. The van der Waals surface area contributed by atoms with E-state index in [1.54, 1.807) is 53.8 Å². The van der Waals surface area contributed by atoms with Crippen molar-refractivity contribution in [3.05, 3.63) is 40.2 Å². The second-order valence-corrected chi connectivity index (χ2v) is 10.1. The number of thiophene rings is 1. The number of nitrogens with two attached hydrogens (primary N) is 1. The summed E-state index contributed by atoms with van der Waals surface area (Å²) in [5.74, 6) is 1.32. The Kier molecular flexibility index (Phi) is 5.39. The van der Waals surface area contributed by atoms with Gasteiger partial charge in [-0.25, -0.2) is 4.98 Å². The maximum Gasteiger partial charge on any atom is 0.267 e. The number of rotatable bonds is 5. The van der Waals surface area contributed by atoms with Gasteiger partial charge in [0.05, 0.1) is 27.6 Å². The summed E-state index contributed by atoms with van der Waals surface area (Å²) < 4.78 is 7.98. The van der Waals surface area contributed by atoms with Gasteiger partial charge in [-0.05, 0) is 55.3 Å². The van der Waals surface area contributed by atoms with Crippen LogP contribution in [-0.2, 0) is 11.2 Å². The van der Waals surface area contributed by atoms with Gasteiger partial charge in [0.15, 0.2) is 5.16 Å². The molecule has 0 aliphatic carbocycles. The van der Waals surface area contributed by atoms with Gasteiger partial charge < -0.3 is 10.5 Å². The fraction of sp³-hybridized carbons (Fsp3) is 0.316. The molecule has 9 heteroatoms. The number of primary amides is 1. The average Bonchev–Trinajstić information content (AvgIpc) is 3.06. The normalized spacial score (nSPS) is 14.6. The summed E-state index contributed by atoms with van der Waals surface area (Å²) >= 11 is 4.55. The van der Waals surface area contributed by atoms with E-state index in [4.69, 9.17) is 15.5 Å². The van der Waals surface area contributed by atoms with Gasteiger partial charge in [-0.3, -0.25) is 14.2 Å². The summed E-state index contributed by atoms with van der Waals surface area (Å²) in [6, 6.07) is 7.24. The van der Waals surface area contributed by atoms with E-state index >= 15 is 0 Å². The molecule has 1 amide bonds. The van der Waals surface area contributed by atoms with Gasteiger partial charge in [0.1, 0.15) is 10.6 Å². The number of benzene rings is 1. The van der Waals surface area contributed by atoms with Crippen molar-refractivity contribution in [3.63, 3.8) is 0 Å². The molecular formula is C19H19N3O3S3. The van der Waals surface area contributed by atoms with Crippen LogP contribution < -0.4 is 16.0 Å². The predicted octanol–water partition coefficient (Wildman–Crippen LogP) is 3.46. The molecule has 1 unspecified atom stereocenters. The Hall–Kier alpha value is -1.97. The van der Waals surface area contributed by atoms with Gasteiger partial charge >= 0.3 is 0 Å². The molecule has 1 aliphatic heterocycles. The minimum Gasteiger partial charge on any atom is -0.497 e. The predicted molar refractivity (Wildman–Crippen MR) is 115 cm³/mol. The number of methoxy groups -OCH3 is 1. The molecule has 4 rings (SSSR count). The van der Waals surface area contributed by atoms with Crippen molar-refractivity contribution in [1.29, 1.82) is 0 Å². The minimum atomic E-state index is -0.502. The zero-order valence-electron chi connectivity index (χ0n) is 15.4. The number of fused-ring (bicyclic) bond motifs is 3. The molecule has 2 aromatic heterocycles. The molecule has 0 saturated carbocycles. The van der Waals surface area contributed by atoms with Crippen LogP contribution in [0.25, 0.3) is 15.9 Å². The monoisotopic (exact) mass is 433 g/mol. The first-order chi connectivity index (χ1) is 13.5. The van der Waals surface area contributed by atoms with E-state index < -0.39 is 11.2 Å². The van der Waals surface area contributed by atoms with E-state index in [2.05, 4.69) is 0 Å². The molecule has 3 heterocycles. The number of nitrogens with zero attached hydrogens (tertiary/aromatic N) is 2. The number of thioether (sulfide) groups is 2. The van der Waals surface area contributed by atoms with E-state index in [-0.39, 0.29) is 5.56 Å². The van der Waals surface area contributed by atoms with Crippen LogP contribution in [-0.4, -0.2) is 33.6 Å². The topological polar surface area (TPSA) is 87.2 Å². The van der Waals surface area contributed by atoms with Crippen LogP contribution in [0.1, 0.15) is 18.9 Å². The molecule has 0 saturated heterocycles. The lowest BCUT2D eigenvalue weighted by atomic mass is 10.1. The maximum absolute atomic E-state index is 13.5. The first-order valence-corrected chi connectivity index (χ1v) is 11.5. The maximum atomic E-state index is 13.5. The van der Waals surface area contributed by atoms with Crippen LogP contribution >= 0.6 is 34.9 Å². The number of ether oxygens (including phenoxy) is 1. The van der Waals surface area contributed by atoms with Crippen molar-refractivity contribution in [3.8, 4) is 11.4 Å². The number of hydrogen-bond acceptors (Lipinski definition) is 7. The molecule has 2 N–H and O–H groups in total. The number of aryl methyl sites for hydroxylation is 1. The second-order valence-electron chi connectivity index (χ2n) is 6.40. The number of carbonyl (C=O) groups is 1. The second kappa shape index (κ2) is 7.81. The van der Waals surface area contributed by atoms with Gasteiger partial charge in [0, 0.05) is 0 Å². The Morgan fingerprint density at radius 2 is 2.11 bits per heavy atom. The zero-order chi connectivity index (χ0) is 19.8. The summed E-state index contributed by atoms with van der Waals surface area (Å²) in [5, 5.41) is 0.662.